The van der Waals surface area contributed by atoms with E-state index >= 15 is 0 Å². The summed E-state index contributed by atoms with van der Waals surface area (Å²) in [6.45, 7) is 4.38. The topological polar surface area (TPSA) is 26.3 Å². The summed E-state index contributed by atoms with van der Waals surface area (Å²) in [6.07, 6.45) is 0. The lowest BCUT2D eigenvalue weighted by atomic mass is 9.77. The predicted octanol–water partition coefficient (Wildman–Crippen LogP) is 5.06. The van der Waals surface area contributed by atoms with Gasteiger partial charge >= 0.3 is 5.97 Å². The summed E-state index contributed by atoms with van der Waals surface area (Å²) < 4.78 is 5.61. The third kappa shape index (κ3) is 2.64. The lowest BCUT2D eigenvalue weighted by molar-refractivity contribution is -0.133. The van der Waals surface area contributed by atoms with Gasteiger partial charge in [-0.15, -0.1) is 0 Å². The monoisotopic (exact) mass is 328 g/mol. The van der Waals surface area contributed by atoms with Crippen LogP contribution in [-0.4, -0.2) is 5.97 Å². The van der Waals surface area contributed by atoms with Crippen LogP contribution in [0.15, 0.2) is 78.9 Å². The zero-order valence-corrected chi connectivity index (χ0v) is 14.4. The van der Waals surface area contributed by atoms with Crippen LogP contribution in [0, 0.1) is 0 Å². The number of esters is 1. The first-order valence-electron chi connectivity index (χ1n) is 8.54. The molecule has 1 aliphatic heterocycles. The Balaban J connectivity index is 1.75. The van der Waals surface area contributed by atoms with Gasteiger partial charge in [-0.2, -0.15) is 0 Å². The summed E-state index contributed by atoms with van der Waals surface area (Å²) in [5.41, 5.74) is 4.14. The molecular formula is C23H20O2. The van der Waals surface area contributed by atoms with Crippen molar-refractivity contribution in [1.29, 1.82) is 0 Å². The maximum atomic E-state index is 12.4. The van der Waals surface area contributed by atoms with E-state index in [-0.39, 0.29) is 17.3 Å². The molecule has 0 saturated carbocycles. The van der Waals surface area contributed by atoms with Gasteiger partial charge in [-0.05, 0) is 22.8 Å². The average Bonchev–Trinajstić information content (AvgIpc) is 2.98. The number of fused-ring (bicyclic) bond motifs is 1. The molecule has 1 aliphatic rings. The molecule has 2 nitrogen and oxygen atoms in total. The number of hydrogen-bond acceptors (Lipinski definition) is 2. The Labute approximate surface area is 148 Å². The van der Waals surface area contributed by atoms with Crippen LogP contribution < -0.4 is 4.74 Å². The third-order valence-corrected chi connectivity index (χ3v) is 5.12. The Morgan fingerprint density at radius 3 is 2.12 bits per heavy atom. The Hall–Kier alpha value is -2.87. The van der Waals surface area contributed by atoms with Crippen molar-refractivity contribution in [2.24, 2.45) is 0 Å². The smallest absolute Gasteiger partial charge is 0.323 e. The molecule has 1 atom stereocenters. The van der Waals surface area contributed by atoms with Gasteiger partial charge in [-0.3, -0.25) is 4.79 Å². The van der Waals surface area contributed by atoms with E-state index in [2.05, 4.69) is 44.2 Å². The number of carbonyl (C=O) groups is 1. The standard InChI is InChI=1S/C23H20O2/c1-23(2,17-11-7-4-8-12-17)18-13-14-19-20(15-18)25-22(24)21(19)16-9-5-3-6-10-16/h3-15,21H,1-2H3. The van der Waals surface area contributed by atoms with Crippen LogP contribution in [0.4, 0.5) is 0 Å². The first-order chi connectivity index (χ1) is 12.1. The fourth-order valence-corrected chi connectivity index (χ4v) is 3.53. The van der Waals surface area contributed by atoms with Crippen LogP contribution in [0.1, 0.15) is 42.0 Å². The molecule has 0 fully saturated rings. The second-order valence-electron chi connectivity index (χ2n) is 7.01. The van der Waals surface area contributed by atoms with E-state index in [1.54, 1.807) is 0 Å². The van der Waals surface area contributed by atoms with Crippen molar-refractivity contribution in [3.63, 3.8) is 0 Å². The van der Waals surface area contributed by atoms with Crippen LogP contribution in [0.2, 0.25) is 0 Å². The largest absolute Gasteiger partial charge is 0.425 e. The summed E-state index contributed by atoms with van der Waals surface area (Å²) in [6, 6.07) is 26.4. The second kappa shape index (κ2) is 5.89. The zero-order valence-electron chi connectivity index (χ0n) is 14.4. The number of rotatable bonds is 3. The molecule has 1 unspecified atom stereocenters. The van der Waals surface area contributed by atoms with Crippen molar-refractivity contribution in [3.05, 3.63) is 101 Å². The number of ether oxygens (including phenoxy) is 1. The highest BCUT2D eigenvalue weighted by Crippen LogP contribution is 2.42. The Morgan fingerprint density at radius 1 is 0.800 bits per heavy atom. The molecule has 4 rings (SSSR count). The van der Waals surface area contributed by atoms with Crippen molar-refractivity contribution >= 4 is 5.97 Å². The molecule has 0 bridgehead atoms. The van der Waals surface area contributed by atoms with E-state index in [1.807, 2.05) is 48.5 Å². The van der Waals surface area contributed by atoms with Gasteiger partial charge in [0.05, 0.1) is 0 Å². The minimum atomic E-state index is -0.329. The lowest BCUT2D eigenvalue weighted by Gasteiger charge is -2.26. The van der Waals surface area contributed by atoms with E-state index in [0.29, 0.717) is 5.75 Å². The van der Waals surface area contributed by atoms with Gasteiger partial charge in [0.1, 0.15) is 11.7 Å². The van der Waals surface area contributed by atoms with Crippen LogP contribution >= 0.6 is 0 Å². The van der Waals surface area contributed by atoms with E-state index in [9.17, 15) is 4.79 Å². The second-order valence-corrected chi connectivity index (χ2v) is 7.01. The SMILES string of the molecule is CC(C)(c1ccccc1)c1ccc2c(c1)OC(=O)C2c1ccccc1. The summed E-state index contributed by atoms with van der Waals surface area (Å²) in [5.74, 6) is 0.154. The van der Waals surface area contributed by atoms with Gasteiger partial charge in [0, 0.05) is 11.0 Å². The summed E-state index contributed by atoms with van der Waals surface area (Å²) in [7, 11) is 0. The molecule has 2 heteroatoms. The normalized spacial score (nSPS) is 16.4. The Bertz CT molecular complexity index is 911. The van der Waals surface area contributed by atoms with Gasteiger partial charge in [-0.25, -0.2) is 0 Å². The van der Waals surface area contributed by atoms with Crippen LogP contribution in [0.3, 0.4) is 0 Å². The van der Waals surface area contributed by atoms with Gasteiger partial charge in [0.25, 0.3) is 0 Å². The quantitative estimate of drug-likeness (QED) is 0.496. The van der Waals surface area contributed by atoms with E-state index in [0.717, 1.165) is 16.7 Å². The lowest BCUT2D eigenvalue weighted by Crippen LogP contribution is -2.18. The molecule has 25 heavy (non-hydrogen) atoms. The maximum Gasteiger partial charge on any atom is 0.323 e. The molecular weight excluding hydrogens is 308 g/mol. The van der Waals surface area contributed by atoms with Crippen LogP contribution in [0.25, 0.3) is 0 Å². The van der Waals surface area contributed by atoms with Gasteiger partial charge < -0.3 is 4.74 Å². The number of carbonyl (C=O) groups excluding carboxylic acids is 1. The summed E-state index contributed by atoms with van der Waals surface area (Å²) in [5, 5.41) is 0. The van der Waals surface area contributed by atoms with Gasteiger partial charge in [0.15, 0.2) is 0 Å². The van der Waals surface area contributed by atoms with Crippen LogP contribution in [0.5, 0.6) is 5.75 Å². The molecule has 1 heterocycles. The highest BCUT2D eigenvalue weighted by atomic mass is 16.5. The summed E-state index contributed by atoms with van der Waals surface area (Å²) >= 11 is 0. The minimum Gasteiger partial charge on any atom is -0.425 e. The molecule has 0 amide bonds. The molecule has 0 radical (unpaired) electrons. The van der Waals surface area contributed by atoms with Crippen LogP contribution in [-0.2, 0) is 10.2 Å². The molecule has 0 aromatic heterocycles. The minimum absolute atomic E-state index is 0.159. The third-order valence-electron chi connectivity index (χ3n) is 5.12. The van der Waals surface area contributed by atoms with Crippen molar-refractivity contribution in [2.45, 2.75) is 25.2 Å². The molecule has 124 valence electrons. The van der Waals surface area contributed by atoms with E-state index < -0.39 is 0 Å². The molecule has 0 aliphatic carbocycles. The average molecular weight is 328 g/mol. The molecule has 3 aromatic carbocycles. The first-order valence-corrected chi connectivity index (χ1v) is 8.54. The van der Waals surface area contributed by atoms with Crippen molar-refractivity contribution in [2.75, 3.05) is 0 Å². The molecule has 3 aromatic rings. The number of hydrogen-bond donors (Lipinski definition) is 0. The Kier molecular flexibility index (Phi) is 3.69. The highest BCUT2D eigenvalue weighted by molar-refractivity contribution is 5.89. The Morgan fingerprint density at radius 2 is 1.44 bits per heavy atom. The van der Waals surface area contributed by atoms with Crippen molar-refractivity contribution in [3.8, 4) is 5.75 Å². The maximum absolute atomic E-state index is 12.4. The fraction of sp³-hybridized carbons (Fsp3) is 0.174. The molecule has 0 saturated heterocycles. The van der Waals surface area contributed by atoms with Crippen molar-refractivity contribution < 1.29 is 9.53 Å². The van der Waals surface area contributed by atoms with Gasteiger partial charge in [-0.1, -0.05) is 86.6 Å². The fourth-order valence-electron chi connectivity index (χ4n) is 3.53. The van der Waals surface area contributed by atoms with E-state index in [1.165, 1.54) is 5.56 Å². The summed E-state index contributed by atoms with van der Waals surface area (Å²) in [4.78, 5) is 12.4. The first kappa shape index (κ1) is 15.6. The highest BCUT2D eigenvalue weighted by Gasteiger charge is 2.35. The molecule has 0 spiro atoms. The van der Waals surface area contributed by atoms with Gasteiger partial charge in [0.2, 0.25) is 0 Å². The zero-order chi connectivity index (χ0) is 17.4. The molecule has 0 N–H and O–H groups in total. The predicted molar refractivity (Wildman–Crippen MR) is 98.9 cm³/mol. The van der Waals surface area contributed by atoms with Crippen molar-refractivity contribution in [1.82, 2.24) is 0 Å². The van der Waals surface area contributed by atoms with E-state index in [4.69, 9.17) is 4.74 Å². The number of benzene rings is 3.